The number of carbonyl (C=O) groups is 1. The van der Waals surface area contributed by atoms with Gasteiger partial charge in [-0.1, -0.05) is 0 Å². The Morgan fingerprint density at radius 3 is 2.70 bits per heavy atom. The lowest BCUT2D eigenvalue weighted by Crippen LogP contribution is -2.50. The molecule has 2 atom stereocenters. The Kier molecular flexibility index (Phi) is 2.24. The predicted octanol–water partition coefficient (Wildman–Crippen LogP) is -0.502. The Bertz CT molecular complexity index is 138. The number of rotatable bonds is 1. The summed E-state index contributed by atoms with van der Waals surface area (Å²) in [6.07, 6.45) is 2.35. The maximum absolute atomic E-state index is 10.4. The van der Waals surface area contributed by atoms with Crippen molar-refractivity contribution >= 4 is 5.97 Å². The summed E-state index contributed by atoms with van der Waals surface area (Å²) in [7, 11) is 0. The van der Waals surface area contributed by atoms with Crippen molar-refractivity contribution in [2.24, 2.45) is 5.73 Å². The summed E-state index contributed by atoms with van der Waals surface area (Å²) in [5.74, 6) is -0.796. The molecule has 4 heteroatoms. The van der Waals surface area contributed by atoms with E-state index >= 15 is 0 Å². The fraction of sp³-hybridized carbons (Fsp3) is 0.833. The molecule has 0 radical (unpaired) electrons. The van der Waals surface area contributed by atoms with Gasteiger partial charge in [0.05, 0.1) is 6.17 Å². The topological polar surface area (TPSA) is 75.4 Å². The van der Waals surface area contributed by atoms with Crippen molar-refractivity contribution < 1.29 is 9.90 Å². The van der Waals surface area contributed by atoms with Crippen molar-refractivity contribution in [3.8, 4) is 0 Å². The number of carboxylic acid groups (broad SMARTS) is 1. The molecule has 0 amide bonds. The van der Waals surface area contributed by atoms with Crippen molar-refractivity contribution in [3.63, 3.8) is 0 Å². The standard InChI is InChI=1S/C6H12N2O2/c7-5-3-1-2-4(8-5)6(9)10/h4-5,8H,1-3,7H2,(H,9,10). The fourth-order valence-corrected chi connectivity index (χ4v) is 1.16. The first kappa shape index (κ1) is 7.50. The first-order valence-electron chi connectivity index (χ1n) is 3.44. The second-order valence-corrected chi connectivity index (χ2v) is 2.59. The van der Waals surface area contributed by atoms with Crippen LogP contribution in [-0.2, 0) is 4.79 Å². The third-order valence-electron chi connectivity index (χ3n) is 1.72. The number of hydrogen-bond donors (Lipinski definition) is 3. The van der Waals surface area contributed by atoms with Gasteiger partial charge in [0.2, 0.25) is 0 Å². The van der Waals surface area contributed by atoms with E-state index in [4.69, 9.17) is 10.8 Å². The highest BCUT2D eigenvalue weighted by molar-refractivity contribution is 5.73. The van der Waals surface area contributed by atoms with Gasteiger partial charge < -0.3 is 10.8 Å². The monoisotopic (exact) mass is 144 g/mol. The van der Waals surface area contributed by atoms with Gasteiger partial charge in [0.25, 0.3) is 0 Å². The Balaban J connectivity index is 2.39. The molecule has 0 bridgehead atoms. The lowest BCUT2D eigenvalue weighted by Gasteiger charge is -2.25. The average molecular weight is 144 g/mol. The van der Waals surface area contributed by atoms with Crippen LogP contribution in [0.4, 0.5) is 0 Å². The Hall–Kier alpha value is -0.610. The van der Waals surface area contributed by atoms with Gasteiger partial charge in [0.15, 0.2) is 0 Å². The van der Waals surface area contributed by atoms with Gasteiger partial charge in [-0.05, 0) is 19.3 Å². The molecule has 0 spiro atoms. The molecule has 0 aromatic carbocycles. The van der Waals surface area contributed by atoms with Gasteiger partial charge in [0.1, 0.15) is 6.04 Å². The molecule has 4 N–H and O–H groups in total. The van der Waals surface area contributed by atoms with Crippen LogP contribution in [0.3, 0.4) is 0 Å². The second-order valence-electron chi connectivity index (χ2n) is 2.59. The van der Waals surface area contributed by atoms with Gasteiger partial charge in [-0.3, -0.25) is 10.1 Å². The highest BCUT2D eigenvalue weighted by Gasteiger charge is 2.23. The summed E-state index contributed by atoms with van der Waals surface area (Å²) >= 11 is 0. The van der Waals surface area contributed by atoms with Crippen LogP contribution in [0.5, 0.6) is 0 Å². The number of hydrogen-bond acceptors (Lipinski definition) is 3. The smallest absolute Gasteiger partial charge is 0.320 e. The minimum absolute atomic E-state index is 0.130. The molecule has 0 aromatic rings. The zero-order valence-electron chi connectivity index (χ0n) is 5.71. The van der Waals surface area contributed by atoms with E-state index in [9.17, 15) is 4.79 Å². The normalized spacial score (nSPS) is 33.7. The molecule has 0 aliphatic carbocycles. The van der Waals surface area contributed by atoms with Crippen molar-refractivity contribution in [2.45, 2.75) is 31.5 Å². The number of aliphatic carboxylic acids is 1. The maximum Gasteiger partial charge on any atom is 0.320 e. The van der Waals surface area contributed by atoms with Crippen LogP contribution >= 0.6 is 0 Å². The van der Waals surface area contributed by atoms with Gasteiger partial charge in [-0.25, -0.2) is 0 Å². The molecule has 0 saturated carbocycles. The lowest BCUT2D eigenvalue weighted by atomic mass is 10.0. The zero-order valence-corrected chi connectivity index (χ0v) is 5.71. The maximum atomic E-state index is 10.4. The summed E-state index contributed by atoms with van der Waals surface area (Å²) < 4.78 is 0. The third kappa shape index (κ3) is 1.68. The number of nitrogens with two attached hydrogens (primary N) is 1. The van der Waals surface area contributed by atoms with Gasteiger partial charge >= 0.3 is 5.97 Å². The predicted molar refractivity (Wildman–Crippen MR) is 36.4 cm³/mol. The molecular weight excluding hydrogens is 132 g/mol. The van der Waals surface area contributed by atoms with Crippen LogP contribution in [0.2, 0.25) is 0 Å². The highest BCUT2D eigenvalue weighted by Crippen LogP contribution is 2.09. The highest BCUT2D eigenvalue weighted by atomic mass is 16.4. The third-order valence-corrected chi connectivity index (χ3v) is 1.72. The van der Waals surface area contributed by atoms with Crippen molar-refractivity contribution in [1.29, 1.82) is 0 Å². The minimum Gasteiger partial charge on any atom is -0.480 e. The molecule has 1 aliphatic rings. The molecule has 10 heavy (non-hydrogen) atoms. The minimum atomic E-state index is -0.796. The molecule has 4 nitrogen and oxygen atoms in total. The van der Waals surface area contributed by atoms with Crippen molar-refractivity contribution in [3.05, 3.63) is 0 Å². The Morgan fingerprint density at radius 2 is 2.30 bits per heavy atom. The van der Waals surface area contributed by atoms with Gasteiger partial charge in [0, 0.05) is 0 Å². The van der Waals surface area contributed by atoms with E-state index in [1.165, 1.54) is 0 Å². The van der Waals surface area contributed by atoms with E-state index in [1.54, 1.807) is 0 Å². The van der Waals surface area contributed by atoms with Crippen molar-refractivity contribution in [2.75, 3.05) is 0 Å². The Labute approximate surface area is 59.4 Å². The van der Waals surface area contributed by atoms with Crippen LogP contribution in [0.15, 0.2) is 0 Å². The summed E-state index contributed by atoms with van der Waals surface area (Å²) in [6, 6.07) is -0.427. The largest absolute Gasteiger partial charge is 0.480 e. The van der Waals surface area contributed by atoms with E-state index in [0.29, 0.717) is 6.42 Å². The van der Waals surface area contributed by atoms with Crippen molar-refractivity contribution in [1.82, 2.24) is 5.32 Å². The average Bonchev–Trinajstić information content (AvgIpc) is 1.88. The summed E-state index contributed by atoms with van der Waals surface area (Å²) in [5, 5.41) is 11.3. The zero-order chi connectivity index (χ0) is 7.56. The molecule has 1 fully saturated rings. The quantitative estimate of drug-likeness (QED) is 0.463. The number of piperidine rings is 1. The lowest BCUT2D eigenvalue weighted by molar-refractivity contribution is -0.140. The summed E-state index contributed by atoms with van der Waals surface area (Å²) in [6.45, 7) is 0. The van der Waals surface area contributed by atoms with Gasteiger partial charge in [-0.15, -0.1) is 0 Å². The summed E-state index contributed by atoms with van der Waals surface area (Å²) in [5.41, 5.74) is 5.49. The van der Waals surface area contributed by atoms with E-state index in [-0.39, 0.29) is 6.17 Å². The molecule has 0 aromatic heterocycles. The van der Waals surface area contributed by atoms with Crippen LogP contribution in [0.1, 0.15) is 19.3 Å². The molecular formula is C6H12N2O2. The molecule has 2 unspecified atom stereocenters. The van der Waals surface area contributed by atoms with Crippen LogP contribution in [0.25, 0.3) is 0 Å². The molecule has 1 rings (SSSR count). The second kappa shape index (κ2) is 2.98. The molecule has 58 valence electrons. The van der Waals surface area contributed by atoms with Crippen LogP contribution in [0, 0.1) is 0 Å². The van der Waals surface area contributed by atoms with E-state index in [2.05, 4.69) is 5.32 Å². The van der Waals surface area contributed by atoms with E-state index in [0.717, 1.165) is 12.8 Å². The van der Waals surface area contributed by atoms with Crippen LogP contribution < -0.4 is 11.1 Å². The number of nitrogens with one attached hydrogen (secondary N) is 1. The molecule has 1 aliphatic heterocycles. The number of carboxylic acids is 1. The van der Waals surface area contributed by atoms with E-state index in [1.807, 2.05) is 0 Å². The fourth-order valence-electron chi connectivity index (χ4n) is 1.16. The first-order chi connectivity index (χ1) is 4.70. The molecule has 1 heterocycles. The summed E-state index contributed by atoms with van der Waals surface area (Å²) in [4.78, 5) is 10.4. The van der Waals surface area contributed by atoms with E-state index < -0.39 is 12.0 Å². The van der Waals surface area contributed by atoms with Crippen LogP contribution in [-0.4, -0.2) is 23.3 Å². The Morgan fingerprint density at radius 1 is 1.60 bits per heavy atom. The van der Waals surface area contributed by atoms with Gasteiger partial charge in [-0.2, -0.15) is 0 Å². The molecule has 1 saturated heterocycles. The first-order valence-corrected chi connectivity index (χ1v) is 3.44. The SMILES string of the molecule is NC1CCCC(C(=O)O)N1.